The SMILES string of the molecule is COC(=O)C=Cc1cccc2c1N(Cc1ccc3ccccc3c1)C(=O)C2=O. The van der Waals surface area contributed by atoms with E-state index in [1.165, 1.54) is 18.1 Å². The van der Waals surface area contributed by atoms with Crippen LogP contribution in [0, 0.1) is 0 Å². The molecule has 1 aliphatic heterocycles. The fourth-order valence-corrected chi connectivity index (χ4v) is 3.42. The van der Waals surface area contributed by atoms with E-state index in [-0.39, 0.29) is 6.54 Å². The normalized spacial score (nSPS) is 13.4. The summed E-state index contributed by atoms with van der Waals surface area (Å²) in [6.45, 7) is 0.269. The van der Waals surface area contributed by atoms with Crippen molar-refractivity contribution in [3.8, 4) is 0 Å². The van der Waals surface area contributed by atoms with Crippen LogP contribution in [-0.4, -0.2) is 24.8 Å². The zero-order chi connectivity index (χ0) is 19.7. The lowest BCUT2D eigenvalue weighted by Gasteiger charge is -2.19. The third kappa shape index (κ3) is 3.07. The molecule has 28 heavy (non-hydrogen) atoms. The molecule has 1 amide bonds. The zero-order valence-corrected chi connectivity index (χ0v) is 15.2. The fraction of sp³-hybridized carbons (Fsp3) is 0.0870. The lowest BCUT2D eigenvalue weighted by Crippen LogP contribution is -2.29. The molecule has 3 aromatic carbocycles. The van der Waals surface area contributed by atoms with Gasteiger partial charge in [0.1, 0.15) is 0 Å². The molecule has 0 radical (unpaired) electrons. The van der Waals surface area contributed by atoms with Gasteiger partial charge in [0.15, 0.2) is 0 Å². The maximum absolute atomic E-state index is 12.6. The number of benzene rings is 3. The van der Waals surface area contributed by atoms with Crippen LogP contribution in [0.1, 0.15) is 21.5 Å². The highest BCUT2D eigenvalue weighted by Gasteiger charge is 2.37. The Morgan fingerprint density at radius 1 is 1.00 bits per heavy atom. The van der Waals surface area contributed by atoms with E-state index < -0.39 is 17.7 Å². The Bertz CT molecular complexity index is 1150. The van der Waals surface area contributed by atoms with Crippen LogP contribution >= 0.6 is 0 Å². The molecule has 0 saturated heterocycles. The summed E-state index contributed by atoms with van der Waals surface area (Å²) in [6, 6.07) is 19.0. The first-order valence-electron chi connectivity index (χ1n) is 8.81. The molecule has 0 N–H and O–H groups in total. The van der Waals surface area contributed by atoms with Crippen LogP contribution in [-0.2, 0) is 20.9 Å². The van der Waals surface area contributed by atoms with Crippen molar-refractivity contribution in [3.05, 3.63) is 83.4 Å². The van der Waals surface area contributed by atoms with E-state index in [1.807, 2.05) is 42.5 Å². The van der Waals surface area contributed by atoms with Crippen molar-refractivity contribution < 1.29 is 19.1 Å². The number of esters is 1. The second kappa shape index (κ2) is 7.12. The maximum atomic E-state index is 12.6. The summed E-state index contributed by atoms with van der Waals surface area (Å²) in [5.41, 5.74) is 2.39. The average molecular weight is 371 g/mol. The van der Waals surface area contributed by atoms with Gasteiger partial charge in [-0.15, -0.1) is 0 Å². The Morgan fingerprint density at radius 2 is 1.79 bits per heavy atom. The number of Topliss-reactive ketones (excluding diaryl/α,β-unsaturated/α-hetero) is 1. The fourth-order valence-electron chi connectivity index (χ4n) is 3.42. The van der Waals surface area contributed by atoms with E-state index in [1.54, 1.807) is 24.3 Å². The minimum absolute atomic E-state index is 0.269. The predicted octanol–water partition coefficient (Wildman–Crippen LogP) is 3.76. The summed E-state index contributed by atoms with van der Waals surface area (Å²) < 4.78 is 4.62. The molecule has 0 bridgehead atoms. The van der Waals surface area contributed by atoms with Crippen molar-refractivity contribution in [2.45, 2.75) is 6.54 Å². The molecule has 5 heteroatoms. The second-order valence-corrected chi connectivity index (χ2v) is 6.50. The van der Waals surface area contributed by atoms with E-state index in [9.17, 15) is 14.4 Å². The van der Waals surface area contributed by atoms with Gasteiger partial charge in [-0.3, -0.25) is 14.5 Å². The van der Waals surface area contributed by atoms with Gasteiger partial charge < -0.3 is 4.74 Å². The quantitative estimate of drug-likeness (QED) is 0.398. The van der Waals surface area contributed by atoms with Gasteiger partial charge in [-0.2, -0.15) is 0 Å². The first-order valence-corrected chi connectivity index (χ1v) is 8.81. The predicted molar refractivity (Wildman–Crippen MR) is 107 cm³/mol. The van der Waals surface area contributed by atoms with Crippen LogP contribution in [0.15, 0.2) is 66.7 Å². The molecule has 0 fully saturated rings. The first kappa shape index (κ1) is 17.7. The lowest BCUT2D eigenvalue weighted by molar-refractivity contribution is -0.134. The van der Waals surface area contributed by atoms with E-state index >= 15 is 0 Å². The third-order valence-corrected chi connectivity index (χ3v) is 4.78. The Balaban J connectivity index is 1.74. The van der Waals surface area contributed by atoms with Gasteiger partial charge in [0.05, 0.1) is 24.9 Å². The molecular formula is C23H17NO4. The highest BCUT2D eigenvalue weighted by atomic mass is 16.5. The third-order valence-electron chi connectivity index (χ3n) is 4.78. The number of hydrogen-bond donors (Lipinski definition) is 0. The van der Waals surface area contributed by atoms with Crippen molar-refractivity contribution in [2.24, 2.45) is 0 Å². The van der Waals surface area contributed by atoms with Crippen molar-refractivity contribution in [1.82, 2.24) is 0 Å². The van der Waals surface area contributed by atoms with E-state index in [0.29, 0.717) is 16.8 Å². The van der Waals surface area contributed by atoms with E-state index in [0.717, 1.165) is 16.3 Å². The summed E-state index contributed by atoms with van der Waals surface area (Å²) in [5.74, 6) is -1.61. The summed E-state index contributed by atoms with van der Waals surface area (Å²) in [5, 5.41) is 2.18. The largest absolute Gasteiger partial charge is 0.466 e. The molecule has 0 saturated carbocycles. The van der Waals surface area contributed by atoms with Crippen LogP contribution in [0.25, 0.3) is 16.8 Å². The Labute approximate surface area is 161 Å². The molecule has 1 aliphatic rings. The van der Waals surface area contributed by atoms with E-state index in [2.05, 4.69) is 4.74 Å². The van der Waals surface area contributed by atoms with Crippen molar-refractivity contribution in [1.29, 1.82) is 0 Å². The summed E-state index contributed by atoms with van der Waals surface area (Å²) in [4.78, 5) is 38.0. The minimum Gasteiger partial charge on any atom is -0.466 e. The van der Waals surface area contributed by atoms with Gasteiger partial charge in [0.2, 0.25) is 0 Å². The van der Waals surface area contributed by atoms with Gasteiger partial charge in [-0.1, -0.05) is 48.5 Å². The van der Waals surface area contributed by atoms with Crippen LogP contribution in [0.4, 0.5) is 5.69 Å². The van der Waals surface area contributed by atoms with Gasteiger partial charge in [0.25, 0.3) is 11.7 Å². The number of carbonyl (C=O) groups is 3. The average Bonchev–Trinajstić information content (AvgIpc) is 2.97. The number of rotatable bonds is 4. The molecule has 138 valence electrons. The summed E-state index contributed by atoms with van der Waals surface area (Å²) >= 11 is 0. The Morgan fingerprint density at radius 3 is 2.57 bits per heavy atom. The minimum atomic E-state index is -0.568. The van der Waals surface area contributed by atoms with Crippen LogP contribution in [0.3, 0.4) is 0 Å². The van der Waals surface area contributed by atoms with Gasteiger partial charge in [0, 0.05) is 6.08 Å². The number of ether oxygens (including phenoxy) is 1. The number of methoxy groups -OCH3 is 1. The van der Waals surface area contributed by atoms with Crippen LogP contribution < -0.4 is 4.90 Å². The molecule has 0 spiro atoms. The molecule has 0 aromatic heterocycles. The molecule has 0 atom stereocenters. The standard InChI is InChI=1S/C23H17NO4/c1-28-20(25)12-11-17-7-4-8-19-21(17)24(23(27)22(19)26)14-15-9-10-16-5-2-3-6-18(16)13-15/h2-13H,14H2,1H3. The topological polar surface area (TPSA) is 63.7 Å². The van der Waals surface area contributed by atoms with Gasteiger partial charge in [-0.05, 0) is 40.1 Å². The smallest absolute Gasteiger partial charge is 0.330 e. The first-order chi connectivity index (χ1) is 13.6. The van der Waals surface area contributed by atoms with Crippen LogP contribution in [0.2, 0.25) is 0 Å². The number of nitrogens with zero attached hydrogens (tertiary/aromatic N) is 1. The number of fused-ring (bicyclic) bond motifs is 2. The molecule has 0 aliphatic carbocycles. The number of hydrogen-bond acceptors (Lipinski definition) is 4. The number of amides is 1. The lowest BCUT2D eigenvalue weighted by atomic mass is 10.0. The van der Waals surface area contributed by atoms with Gasteiger partial charge in [-0.25, -0.2) is 4.79 Å². The molecule has 1 heterocycles. The van der Waals surface area contributed by atoms with Crippen molar-refractivity contribution >= 4 is 40.2 Å². The highest BCUT2D eigenvalue weighted by Crippen LogP contribution is 2.35. The monoisotopic (exact) mass is 371 g/mol. The van der Waals surface area contributed by atoms with Gasteiger partial charge >= 0.3 is 5.97 Å². The molecule has 5 nitrogen and oxygen atoms in total. The second-order valence-electron chi connectivity index (χ2n) is 6.50. The number of anilines is 1. The molecular weight excluding hydrogens is 354 g/mol. The molecule has 4 rings (SSSR count). The van der Waals surface area contributed by atoms with Crippen molar-refractivity contribution in [2.75, 3.05) is 12.0 Å². The van der Waals surface area contributed by atoms with Crippen LogP contribution in [0.5, 0.6) is 0 Å². The molecule has 0 unspecified atom stereocenters. The summed E-state index contributed by atoms with van der Waals surface area (Å²) in [6.07, 6.45) is 2.83. The summed E-state index contributed by atoms with van der Waals surface area (Å²) in [7, 11) is 1.29. The van der Waals surface area contributed by atoms with E-state index in [4.69, 9.17) is 0 Å². The Kier molecular flexibility index (Phi) is 4.49. The highest BCUT2D eigenvalue weighted by molar-refractivity contribution is 6.52. The maximum Gasteiger partial charge on any atom is 0.330 e. The Hall–Kier alpha value is -3.73. The zero-order valence-electron chi connectivity index (χ0n) is 15.2. The number of para-hydroxylation sites is 1. The number of carbonyl (C=O) groups excluding carboxylic acids is 3. The number of ketones is 1. The van der Waals surface area contributed by atoms with Crippen molar-refractivity contribution in [3.63, 3.8) is 0 Å². The molecule has 3 aromatic rings.